The molecule has 2 nitrogen and oxygen atoms in total. The molecular weight excluding hydrogens is 725 g/mol. The predicted octanol–water partition coefficient (Wildman–Crippen LogP) is 16.4. The average Bonchev–Trinajstić information content (AvgIpc) is 3.34. The van der Waals surface area contributed by atoms with Crippen molar-refractivity contribution in [3.8, 4) is 44.5 Å². The lowest BCUT2D eigenvalue weighted by Crippen LogP contribution is -2.13. The highest BCUT2D eigenvalue weighted by molar-refractivity contribution is 6.07. The van der Waals surface area contributed by atoms with Gasteiger partial charge >= 0.3 is 0 Å². The first-order valence-electron chi connectivity index (χ1n) is 20.5. The summed E-state index contributed by atoms with van der Waals surface area (Å²) < 4.78 is 0. The SMILES string of the molecule is c1ccc(-c2ccc(N(c3ccccc3)c3cc4c(N(c5ccccc5)c5ccc(-c6ccccc6)cc5)cc(-c5ccccc5)cc4cc3-c3ccccc3)cc2)cc1. The summed E-state index contributed by atoms with van der Waals surface area (Å²) in [6, 6.07) is 91.6. The van der Waals surface area contributed by atoms with Crippen molar-refractivity contribution in [3.63, 3.8) is 0 Å². The van der Waals surface area contributed by atoms with E-state index in [9.17, 15) is 0 Å². The Morgan fingerprint density at radius 2 is 0.550 bits per heavy atom. The number of nitrogens with zero attached hydrogens (tertiary/aromatic N) is 2. The molecule has 0 aliphatic carbocycles. The second kappa shape index (κ2) is 16.5. The lowest BCUT2D eigenvalue weighted by Gasteiger charge is -2.31. The molecule has 0 bridgehead atoms. The zero-order chi connectivity index (χ0) is 40.1. The number of rotatable bonds is 10. The van der Waals surface area contributed by atoms with Gasteiger partial charge in [0.15, 0.2) is 0 Å². The topological polar surface area (TPSA) is 6.48 Å². The fraction of sp³-hybridized carbons (Fsp3) is 0. The van der Waals surface area contributed by atoms with E-state index in [0.29, 0.717) is 0 Å². The van der Waals surface area contributed by atoms with E-state index in [4.69, 9.17) is 0 Å². The van der Waals surface area contributed by atoms with Gasteiger partial charge in [0.05, 0.1) is 11.4 Å². The molecule has 0 saturated carbocycles. The van der Waals surface area contributed by atoms with Crippen LogP contribution in [0.3, 0.4) is 0 Å². The van der Waals surface area contributed by atoms with Crippen molar-refractivity contribution in [1.29, 1.82) is 0 Å². The summed E-state index contributed by atoms with van der Waals surface area (Å²) in [5, 5.41) is 2.30. The summed E-state index contributed by atoms with van der Waals surface area (Å²) >= 11 is 0. The molecular formula is C58H42N2. The van der Waals surface area contributed by atoms with Crippen molar-refractivity contribution < 1.29 is 0 Å². The lowest BCUT2D eigenvalue weighted by molar-refractivity contribution is 1.28. The van der Waals surface area contributed by atoms with Crippen molar-refractivity contribution in [2.24, 2.45) is 0 Å². The van der Waals surface area contributed by atoms with Crippen LogP contribution in [0.4, 0.5) is 34.1 Å². The zero-order valence-electron chi connectivity index (χ0n) is 33.1. The van der Waals surface area contributed by atoms with Crippen LogP contribution >= 0.6 is 0 Å². The summed E-state index contributed by atoms with van der Waals surface area (Å²) in [6.07, 6.45) is 0. The molecule has 0 heterocycles. The molecule has 0 saturated heterocycles. The highest BCUT2D eigenvalue weighted by atomic mass is 15.2. The third-order valence-corrected chi connectivity index (χ3v) is 11.2. The Hall–Kier alpha value is -7.94. The van der Waals surface area contributed by atoms with Gasteiger partial charge in [0.2, 0.25) is 0 Å². The summed E-state index contributed by atoms with van der Waals surface area (Å²) in [6.45, 7) is 0. The number of fused-ring (bicyclic) bond motifs is 1. The maximum Gasteiger partial charge on any atom is 0.0547 e. The maximum absolute atomic E-state index is 2.41. The van der Waals surface area contributed by atoms with Crippen LogP contribution in [0.2, 0.25) is 0 Å². The summed E-state index contributed by atoms with van der Waals surface area (Å²) in [4.78, 5) is 4.82. The highest BCUT2D eigenvalue weighted by Gasteiger charge is 2.23. The number of anilines is 6. The molecule has 0 atom stereocenters. The molecule has 0 amide bonds. The van der Waals surface area contributed by atoms with Gasteiger partial charge in [0.25, 0.3) is 0 Å². The molecule has 284 valence electrons. The van der Waals surface area contributed by atoms with Gasteiger partial charge in [-0.2, -0.15) is 0 Å². The average molecular weight is 767 g/mol. The van der Waals surface area contributed by atoms with Gasteiger partial charge in [-0.3, -0.25) is 0 Å². The van der Waals surface area contributed by atoms with E-state index in [1.807, 2.05) is 0 Å². The normalized spacial score (nSPS) is 11.0. The van der Waals surface area contributed by atoms with Crippen molar-refractivity contribution in [2.75, 3.05) is 9.80 Å². The van der Waals surface area contributed by atoms with Crippen LogP contribution in [0.1, 0.15) is 0 Å². The molecule has 0 unspecified atom stereocenters. The van der Waals surface area contributed by atoms with Gasteiger partial charge in [-0.25, -0.2) is 0 Å². The Kier molecular flexibility index (Phi) is 10.0. The molecule has 0 N–H and O–H groups in total. The first-order valence-corrected chi connectivity index (χ1v) is 20.5. The monoisotopic (exact) mass is 766 g/mol. The van der Waals surface area contributed by atoms with Crippen molar-refractivity contribution in [2.45, 2.75) is 0 Å². The van der Waals surface area contributed by atoms with Crippen molar-refractivity contribution >= 4 is 44.9 Å². The highest BCUT2D eigenvalue weighted by Crippen LogP contribution is 2.48. The Balaban J connectivity index is 1.25. The van der Waals surface area contributed by atoms with E-state index in [0.717, 1.165) is 61.6 Å². The van der Waals surface area contributed by atoms with Crippen LogP contribution in [0, 0.1) is 0 Å². The Morgan fingerprint density at radius 3 is 0.983 bits per heavy atom. The summed E-state index contributed by atoms with van der Waals surface area (Å²) in [5.41, 5.74) is 15.9. The minimum atomic E-state index is 1.08. The molecule has 0 fully saturated rings. The van der Waals surface area contributed by atoms with E-state index in [-0.39, 0.29) is 0 Å². The predicted molar refractivity (Wildman–Crippen MR) is 255 cm³/mol. The first kappa shape index (κ1) is 36.4. The number of para-hydroxylation sites is 2. The Labute approximate surface area is 352 Å². The van der Waals surface area contributed by atoms with Gasteiger partial charge in [0, 0.05) is 33.7 Å². The molecule has 0 aliphatic rings. The van der Waals surface area contributed by atoms with E-state index >= 15 is 0 Å². The second-order valence-electron chi connectivity index (χ2n) is 15.0. The fourth-order valence-electron chi connectivity index (χ4n) is 8.27. The third kappa shape index (κ3) is 7.35. The van der Waals surface area contributed by atoms with Crippen LogP contribution in [-0.4, -0.2) is 0 Å². The van der Waals surface area contributed by atoms with Gasteiger partial charge < -0.3 is 9.80 Å². The minimum absolute atomic E-state index is 1.08. The third-order valence-electron chi connectivity index (χ3n) is 11.2. The minimum Gasteiger partial charge on any atom is -0.310 e. The van der Waals surface area contributed by atoms with Gasteiger partial charge in [-0.05, 0) is 117 Å². The zero-order valence-corrected chi connectivity index (χ0v) is 33.1. The van der Waals surface area contributed by atoms with Crippen LogP contribution in [0.25, 0.3) is 55.3 Å². The molecule has 2 heteroatoms. The van der Waals surface area contributed by atoms with E-state index in [1.54, 1.807) is 0 Å². The molecule has 10 rings (SSSR count). The molecule has 60 heavy (non-hydrogen) atoms. The Morgan fingerprint density at radius 1 is 0.217 bits per heavy atom. The fourth-order valence-corrected chi connectivity index (χ4v) is 8.27. The summed E-state index contributed by atoms with van der Waals surface area (Å²) in [5.74, 6) is 0. The number of benzene rings is 10. The van der Waals surface area contributed by atoms with Crippen LogP contribution in [0.15, 0.2) is 255 Å². The van der Waals surface area contributed by atoms with E-state index in [1.165, 1.54) is 27.8 Å². The second-order valence-corrected chi connectivity index (χ2v) is 15.0. The molecule has 10 aromatic carbocycles. The molecule has 0 aliphatic heterocycles. The standard InChI is InChI=1S/C58H42N2/c1-7-19-43(20-8-1)46-31-35-53(36-32-46)59(51-27-15-5-16-28-51)57-41-49(45-23-11-3-12-24-45)39-50-40-55(48-25-13-4-14-26-48)58(42-56(50)57)60(52-29-17-6-18-30-52)54-37-33-47(34-38-54)44-21-9-2-10-22-44/h1-42H. The van der Waals surface area contributed by atoms with Gasteiger partial charge in [-0.15, -0.1) is 0 Å². The molecule has 0 spiro atoms. The van der Waals surface area contributed by atoms with Crippen LogP contribution in [0.5, 0.6) is 0 Å². The van der Waals surface area contributed by atoms with Crippen molar-refractivity contribution in [1.82, 2.24) is 0 Å². The maximum atomic E-state index is 2.41. The van der Waals surface area contributed by atoms with Crippen LogP contribution < -0.4 is 9.80 Å². The molecule has 10 aromatic rings. The number of hydrogen-bond donors (Lipinski definition) is 0. The molecule has 0 radical (unpaired) electrons. The van der Waals surface area contributed by atoms with Gasteiger partial charge in [-0.1, -0.05) is 182 Å². The first-order chi connectivity index (χ1) is 29.8. The largest absolute Gasteiger partial charge is 0.310 e. The van der Waals surface area contributed by atoms with Crippen molar-refractivity contribution in [3.05, 3.63) is 255 Å². The van der Waals surface area contributed by atoms with Crippen LogP contribution in [-0.2, 0) is 0 Å². The van der Waals surface area contributed by atoms with E-state index in [2.05, 4.69) is 265 Å². The Bertz CT molecular complexity index is 2970. The lowest BCUT2D eigenvalue weighted by atomic mass is 9.93. The van der Waals surface area contributed by atoms with E-state index < -0.39 is 0 Å². The quantitative estimate of drug-likeness (QED) is 0.137. The van der Waals surface area contributed by atoms with Gasteiger partial charge in [0.1, 0.15) is 0 Å². The molecule has 0 aromatic heterocycles. The number of hydrogen-bond acceptors (Lipinski definition) is 2. The smallest absolute Gasteiger partial charge is 0.0547 e. The summed E-state index contributed by atoms with van der Waals surface area (Å²) in [7, 11) is 0.